The SMILES string of the molecule is Cc1c(C(=O)OCC(=O)N2CCNC2=O)cccc1[N+](=O)[O-]. The molecule has 0 unspecified atom stereocenters. The van der Waals surface area contributed by atoms with Crippen molar-refractivity contribution in [2.45, 2.75) is 6.92 Å². The molecule has 1 fully saturated rings. The number of nitrogens with zero attached hydrogens (tertiary/aromatic N) is 2. The van der Waals surface area contributed by atoms with Crippen LogP contribution >= 0.6 is 0 Å². The maximum atomic E-state index is 11.9. The van der Waals surface area contributed by atoms with Crippen molar-refractivity contribution in [1.82, 2.24) is 10.2 Å². The molecule has 1 aromatic carbocycles. The van der Waals surface area contributed by atoms with Crippen LogP contribution in [0, 0.1) is 17.0 Å². The van der Waals surface area contributed by atoms with Crippen molar-refractivity contribution in [1.29, 1.82) is 0 Å². The molecule has 0 bridgehead atoms. The predicted molar refractivity (Wildman–Crippen MR) is 73.2 cm³/mol. The summed E-state index contributed by atoms with van der Waals surface area (Å²) in [5, 5.41) is 13.3. The number of amides is 3. The van der Waals surface area contributed by atoms with E-state index in [9.17, 15) is 24.5 Å². The van der Waals surface area contributed by atoms with E-state index in [0.717, 1.165) is 4.90 Å². The molecular formula is C13H13N3O6. The lowest BCUT2D eigenvalue weighted by Gasteiger charge is -2.12. The highest BCUT2D eigenvalue weighted by molar-refractivity contribution is 5.98. The van der Waals surface area contributed by atoms with E-state index in [1.807, 2.05) is 0 Å². The molecule has 22 heavy (non-hydrogen) atoms. The van der Waals surface area contributed by atoms with Gasteiger partial charge in [0.05, 0.1) is 10.5 Å². The molecule has 1 aliphatic rings. The zero-order valence-electron chi connectivity index (χ0n) is 11.7. The van der Waals surface area contributed by atoms with E-state index in [0.29, 0.717) is 6.54 Å². The number of imide groups is 1. The van der Waals surface area contributed by atoms with Gasteiger partial charge in [0.15, 0.2) is 6.61 Å². The van der Waals surface area contributed by atoms with Crippen LogP contribution in [0.3, 0.4) is 0 Å². The zero-order chi connectivity index (χ0) is 16.3. The van der Waals surface area contributed by atoms with Gasteiger partial charge in [0.1, 0.15) is 0 Å². The Morgan fingerprint density at radius 2 is 2.18 bits per heavy atom. The minimum Gasteiger partial charge on any atom is -0.452 e. The summed E-state index contributed by atoms with van der Waals surface area (Å²) in [5.74, 6) is -1.50. The van der Waals surface area contributed by atoms with Gasteiger partial charge in [0.2, 0.25) is 0 Å². The number of hydrogen-bond donors (Lipinski definition) is 1. The fourth-order valence-electron chi connectivity index (χ4n) is 2.03. The maximum Gasteiger partial charge on any atom is 0.339 e. The summed E-state index contributed by atoms with van der Waals surface area (Å²) in [6.45, 7) is 1.38. The first kappa shape index (κ1) is 15.4. The molecule has 2 rings (SSSR count). The second-order valence-corrected chi connectivity index (χ2v) is 4.56. The summed E-state index contributed by atoms with van der Waals surface area (Å²) in [7, 11) is 0. The molecule has 0 radical (unpaired) electrons. The third-order valence-electron chi connectivity index (χ3n) is 3.21. The molecule has 9 nitrogen and oxygen atoms in total. The normalized spacial score (nSPS) is 13.7. The number of urea groups is 1. The van der Waals surface area contributed by atoms with Crippen LogP contribution < -0.4 is 5.32 Å². The Balaban J connectivity index is 2.04. The van der Waals surface area contributed by atoms with Crippen LogP contribution in [-0.2, 0) is 9.53 Å². The number of ether oxygens (including phenoxy) is 1. The third kappa shape index (κ3) is 3.03. The van der Waals surface area contributed by atoms with Gasteiger partial charge in [-0.15, -0.1) is 0 Å². The minimum absolute atomic E-state index is 0.00729. The molecule has 1 aliphatic heterocycles. The molecule has 0 atom stereocenters. The highest BCUT2D eigenvalue weighted by Crippen LogP contribution is 2.21. The average Bonchev–Trinajstić information content (AvgIpc) is 2.90. The average molecular weight is 307 g/mol. The molecule has 1 N–H and O–H groups in total. The highest BCUT2D eigenvalue weighted by Gasteiger charge is 2.27. The van der Waals surface area contributed by atoms with Crippen molar-refractivity contribution in [3.8, 4) is 0 Å². The number of rotatable bonds is 4. The van der Waals surface area contributed by atoms with Crippen molar-refractivity contribution in [3.63, 3.8) is 0 Å². The summed E-state index contributed by atoms with van der Waals surface area (Å²) in [5.41, 5.74) is -0.0450. The Hall–Kier alpha value is -2.97. The number of nitro benzene ring substituents is 1. The van der Waals surface area contributed by atoms with Crippen LogP contribution in [0.15, 0.2) is 18.2 Å². The van der Waals surface area contributed by atoms with Crippen LogP contribution in [0.4, 0.5) is 10.5 Å². The van der Waals surface area contributed by atoms with E-state index in [1.165, 1.54) is 25.1 Å². The lowest BCUT2D eigenvalue weighted by molar-refractivity contribution is -0.385. The number of hydrogen-bond acceptors (Lipinski definition) is 6. The topological polar surface area (TPSA) is 119 Å². The molecule has 9 heteroatoms. The molecule has 0 saturated carbocycles. The van der Waals surface area contributed by atoms with Crippen molar-refractivity contribution >= 4 is 23.6 Å². The zero-order valence-corrected chi connectivity index (χ0v) is 11.7. The Bertz CT molecular complexity index is 657. The van der Waals surface area contributed by atoms with E-state index in [-0.39, 0.29) is 23.4 Å². The van der Waals surface area contributed by atoms with E-state index in [4.69, 9.17) is 4.74 Å². The number of carbonyl (C=O) groups excluding carboxylic acids is 3. The first-order valence-corrected chi connectivity index (χ1v) is 6.41. The van der Waals surface area contributed by atoms with Crippen LogP contribution in [0.1, 0.15) is 15.9 Å². The Kier molecular flexibility index (Phi) is 4.35. The molecule has 0 aromatic heterocycles. The third-order valence-corrected chi connectivity index (χ3v) is 3.21. The number of benzene rings is 1. The molecule has 0 aliphatic carbocycles. The summed E-state index contributed by atoms with van der Waals surface area (Å²) >= 11 is 0. The molecule has 1 saturated heterocycles. The van der Waals surface area contributed by atoms with E-state index in [2.05, 4.69) is 5.32 Å². The van der Waals surface area contributed by atoms with Crippen LogP contribution in [0.5, 0.6) is 0 Å². The molecular weight excluding hydrogens is 294 g/mol. The van der Waals surface area contributed by atoms with Gasteiger partial charge in [0, 0.05) is 24.7 Å². The Labute approximate surface area is 125 Å². The number of nitrogens with one attached hydrogen (secondary N) is 1. The fourth-order valence-corrected chi connectivity index (χ4v) is 2.03. The van der Waals surface area contributed by atoms with Gasteiger partial charge in [0.25, 0.3) is 11.6 Å². The molecule has 116 valence electrons. The molecule has 0 spiro atoms. The second kappa shape index (κ2) is 6.20. The monoisotopic (exact) mass is 307 g/mol. The minimum atomic E-state index is -0.853. The summed E-state index contributed by atoms with van der Waals surface area (Å²) in [4.78, 5) is 46.1. The number of esters is 1. The van der Waals surface area contributed by atoms with Crippen molar-refractivity contribution in [3.05, 3.63) is 39.4 Å². The molecule has 1 aromatic rings. The fraction of sp³-hybridized carbons (Fsp3) is 0.308. The molecule has 1 heterocycles. The van der Waals surface area contributed by atoms with Crippen LogP contribution in [-0.4, -0.2) is 47.4 Å². The van der Waals surface area contributed by atoms with Gasteiger partial charge < -0.3 is 10.1 Å². The lowest BCUT2D eigenvalue weighted by atomic mass is 10.1. The first-order chi connectivity index (χ1) is 10.4. The first-order valence-electron chi connectivity index (χ1n) is 6.41. The van der Waals surface area contributed by atoms with E-state index >= 15 is 0 Å². The summed E-state index contributed by atoms with van der Waals surface area (Å²) in [6.07, 6.45) is 0. The van der Waals surface area contributed by atoms with Gasteiger partial charge in [-0.05, 0) is 13.0 Å². The van der Waals surface area contributed by atoms with Crippen LogP contribution in [0.2, 0.25) is 0 Å². The lowest BCUT2D eigenvalue weighted by Crippen LogP contribution is -2.37. The predicted octanol–water partition coefficient (Wildman–Crippen LogP) is 0.612. The largest absolute Gasteiger partial charge is 0.452 e. The van der Waals surface area contributed by atoms with Crippen molar-refractivity contribution in [2.24, 2.45) is 0 Å². The van der Waals surface area contributed by atoms with Gasteiger partial charge in [-0.25, -0.2) is 9.59 Å². The quantitative estimate of drug-likeness (QED) is 0.494. The number of carbonyl (C=O) groups is 3. The summed E-state index contributed by atoms with van der Waals surface area (Å²) < 4.78 is 4.83. The van der Waals surface area contributed by atoms with Crippen molar-refractivity contribution < 1.29 is 24.0 Å². The maximum absolute atomic E-state index is 11.9. The van der Waals surface area contributed by atoms with E-state index < -0.39 is 29.4 Å². The standard InChI is InChI=1S/C13H13N3O6/c1-8-9(3-2-4-10(8)16(20)21)12(18)22-7-11(17)15-6-5-14-13(15)19/h2-4H,5-7H2,1H3,(H,14,19). The van der Waals surface area contributed by atoms with Gasteiger partial charge in [-0.1, -0.05) is 6.07 Å². The second-order valence-electron chi connectivity index (χ2n) is 4.56. The van der Waals surface area contributed by atoms with Gasteiger partial charge in [-0.2, -0.15) is 0 Å². The smallest absolute Gasteiger partial charge is 0.339 e. The van der Waals surface area contributed by atoms with Crippen molar-refractivity contribution in [2.75, 3.05) is 19.7 Å². The van der Waals surface area contributed by atoms with Crippen LogP contribution in [0.25, 0.3) is 0 Å². The van der Waals surface area contributed by atoms with E-state index in [1.54, 1.807) is 0 Å². The Morgan fingerprint density at radius 3 is 2.77 bits per heavy atom. The Morgan fingerprint density at radius 1 is 1.45 bits per heavy atom. The van der Waals surface area contributed by atoms with Gasteiger partial charge in [-0.3, -0.25) is 19.8 Å². The summed E-state index contributed by atoms with van der Waals surface area (Å²) in [6, 6.07) is 3.47. The highest BCUT2D eigenvalue weighted by atomic mass is 16.6. The van der Waals surface area contributed by atoms with Gasteiger partial charge >= 0.3 is 12.0 Å². The number of nitro groups is 1. The molecule has 3 amide bonds.